The van der Waals surface area contributed by atoms with Gasteiger partial charge in [-0.1, -0.05) is 42.0 Å². The number of nitrogens with one attached hydrogen (secondary N) is 1. The van der Waals surface area contributed by atoms with Crippen LogP contribution in [0.5, 0.6) is 0 Å². The largest absolute Gasteiger partial charge is 0.371 e. The molecule has 5 rings (SSSR count). The molecule has 0 bridgehead atoms. The van der Waals surface area contributed by atoms with Crippen LogP contribution in [-0.2, 0) is 6.54 Å². The molecule has 35 heavy (non-hydrogen) atoms. The number of aromatic nitrogens is 1. The molecule has 2 aliphatic heterocycles. The Labute approximate surface area is 206 Å². The highest BCUT2D eigenvalue weighted by molar-refractivity contribution is 6.01. The maximum absolute atomic E-state index is 13.6. The van der Waals surface area contributed by atoms with Gasteiger partial charge in [-0.3, -0.25) is 14.6 Å². The van der Waals surface area contributed by atoms with Crippen LogP contribution >= 0.6 is 0 Å². The third-order valence-corrected chi connectivity index (χ3v) is 6.77. The number of hydrogen-bond donors (Lipinski definition) is 1. The van der Waals surface area contributed by atoms with E-state index in [1.165, 1.54) is 0 Å². The number of benzene rings is 2. The number of carbonyl (C=O) groups excluding carboxylic acids is 2. The summed E-state index contributed by atoms with van der Waals surface area (Å²) in [6.07, 6.45) is 7.04. The lowest BCUT2D eigenvalue weighted by Gasteiger charge is -2.38. The average molecular weight is 467 g/mol. The number of hydrogen-bond acceptors (Lipinski definition) is 4. The number of piperazine rings is 1. The number of amides is 2. The molecule has 1 N–H and O–H groups in total. The van der Waals surface area contributed by atoms with Crippen LogP contribution in [0.25, 0.3) is 11.1 Å². The van der Waals surface area contributed by atoms with Gasteiger partial charge in [0.05, 0.1) is 0 Å². The highest BCUT2D eigenvalue weighted by Crippen LogP contribution is 2.26. The normalized spacial score (nSPS) is 16.8. The Balaban J connectivity index is 1.41. The van der Waals surface area contributed by atoms with Crippen molar-refractivity contribution in [3.8, 4) is 11.1 Å². The highest BCUT2D eigenvalue weighted by Gasteiger charge is 2.30. The van der Waals surface area contributed by atoms with E-state index in [-0.39, 0.29) is 11.8 Å². The van der Waals surface area contributed by atoms with E-state index in [0.717, 1.165) is 40.9 Å². The molecule has 0 spiro atoms. The molecule has 0 saturated carbocycles. The van der Waals surface area contributed by atoms with Crippen LogP contribution in [0.4, 0.5) is 0 Å². The topological polar surface area (TPSA) is 65.5 Å². The third kappa shape index (κ3) is 5.11. The van der Waals surface area contributed by atoms with E-state index in [9.17, 15) is 9.59 Å². The van der Waals surface area contributed by atoms with Crippen molar-refractivity contribution in [1.82, 2.24) is 20.1 Å². The Morgan fingerprint density at radius 2 is 1.77 bits per heavy atom. The quantitative estimate of drug-likeness (QED) is 0.608. The molecule has 0 aliphatic carbocycles. The molecule has 1 aromatic heterocycles. The predicted molar refractivity (Wildman–Crippen MR) is 137 cm³/mol. The predicted octanol–water partition coefficient (Wildman–Crippen LogP) is 4.34. The molecule has 1 atom stereocenters. The van der Waals surface area contributed by atoms with E-state index >= 15 is 0 Å². The van der Waals surface area contributed by atoms with Crippen molar-refractivity contribution in [3.63, 3.8) is 0 Å². The molecule has 1 unspecified atom stereocenters. The second kappa shape index (κ2) is 9.74. The van der Waals surface area contributed by atoms with Gasteiger partial charge in [-0.15, -0.1) is 0 Å². The first-order valence-corrected chi connectivity index (χ1v) is 12.1. The zero-order valence-corrected chi connectivity index (χ0v) is 20.2. The molecule has 6 nitrogen and oxygen atoms in total. The first-order chi connectivity index (χ1) is 17.0. The first-order valence-electron chi connectivity index (χ1n) is 12.1. The number of carbonyl (C=O) groups is 2. The van der Waals surface area contributed by atoms with Crippen molar-refractivity contribution in [1.29, 1.82) is 0 Å². The van der Waals surface area contributed by atoms with Crippen LogP contribution < -0.4 is 5.32 Å². The van der Waals surface area contributed by atoms with Gasteiger partial charge in [-0.05, 0) is 67.4 Å². The standard InChI is InChI=1S/C29H30N4O2/c1-20-5-9-23(10-6-20)24-14-25(28(34)31-18-22-8-7-21(2)30-17-22)16-26(15-24)29(35)33-13-12-32-11-3-4-27(32)19-33/h3,5-11,14-17,27H,4,12-13,18-19H2,1-2H3,(H,31,34). The minimum absolute atomic E-state index is 0.0257. The van der Waals surface area contributed by atoms with E-state index in [2.05, 4.69) is 27.5 Å². The van der Waals surface area contributed by atoms with Gasteiger partial charge in [-0.25, -0.2) is 0 Å². The maximum Gasteiger partial charge on any atom is 0.254 e. The number of pyridine rings is 1. The van der Waals surface area contributed by atoms with Crippen LogP contribution in [0.3, 0.4) is 0 Å². The number of aryl methyl sites for hydroxylation is 2. The first kappa shape index (κ1) is 22.8. The summed E-state index contributed by atoms with van der Waals surface area (Å²) in [6.45, 7) is 6.56. The zero-order chi connectivity index (χ0) is 24.4. The molecule has 1 fully saturated rings. The number of fused-ring (bicyclic) bond motifs is 1. The molecule has 6 heteroatoms. The molecule has 0 radical (unpaired) electrons. The van der Waals surface area contributed by atoms with Gasteiger partial charge in [0.25, 0.3) is 11.8 Å². The molecule has 1 saturated heterocycles. The van der Waals surface area contributed by atoms with Gasteiger partial charge >= 0.3 is 0 Å². The van der Waals surface area contributed by atoms with Gasteiger partial charge in [0.2, 0.25) is 0 Å². The minimum atomic E-state index is -0.210. The Kier molecular flexibility index (Phi) is 6.36. The lowest BCUT2D eigenvalue weighted by atomic mass is 9.97. The van der Waals surface area contributed by atoms with E-state index < -0.39 is 0 Å². The summed E-state index contributed by atoms with van der Waals surface area (Å²) < 4.78 is 0. The summed E-state index contributed by atoms with van der Waals surface area (Å²) in [5.41, 5.74) is 5.89. The van der Waals surface area contributed by atoms with Crippen molar-refractivity contribution in [2.75, 3.05) is 19.6 Å². The molecule has 2 amide bonds. The van der Waals surface area contributed by atoms with Gasteiger partial charge in [0, 0.05) is 55.2 Å². The fraction of sp³-hybridized carbons (Fsp3) is 0.276. The Morgan fingerprint density at radius 1 is 0.971 bits per heavy atom. The van der Waals surface area contributed by atoms with Crippen LogP contribution in [0, 0.1) is 13.8 Å². The molecule has 3 heterocycles. The molecule has 178 valence electrons. The van der Waals surface area contributed by atoms with Gasteiger partial charge in [0.1, 0.15) is 0 Å². The van der Waals surface area contributed by atoms with Crippen molar-refractivity contribution in [3.05, 3.63) is 101 Å². The van der Waals surface area contributed by atoms with Crippen LogP contribution in [0.1, 0.15) is 44.0 Å². The van der Waals surface area contributed by atoms with Crippen LogP contribution in [0.15, 0.2) is 73.1 Å². The Hall–Kier alpha value is -3.93. The Morgan fingerprint density at radius 3 is 2.54 bits per heavy atom. The monoisotopic (exact) mass is 466 g/mol. The van der Waals surface area contributed by atoms with Gasteiger partial charge < -0.3 is 15.1 Å². The molecular formula is C29H30N4O2. The smallest absolute Gasteiger partial charge is 0.254 e. The third-order valence-electron chi connectivity index (χ3n) is 6.77. The summed E-state index contributed by atoms with van der Waals surface area (Å²) in [5.74, 6) is -0.235. The van der Waals surface area contributed by atoms with E-state index in [4.69, 9.17) is 0 Å². The molecule has 2 aromatic carbocycles. The second-order valence-electron chi connectivity index (χ2n) is 9.42. The van der Waals surface area contributed by atoms with Crippen molar-refractivity contribution in [2.24, 2.45) is 0 Å². The second-order valence-corrected chi connectivity index (χ2v) is 9.42. The van der Waals surface area contributed by atoms with Crippen LogP contribution in [0.2, 0.25) is 0 Å². The Bertz CT molecular complexity index is 1260. The summed E-state index contributed by atoms with van der Waals surface area (Å²) in [4.78, 5) is 35.2. The summed E-state index contributed by atoms with van der Waals surface area (Å²) in [5, 5.41) is 2.98. The molecular weight excluding hydrogens is 436 g/mol. The minimum Gasteiger partial charge on any atom is -0.371 e. The number of rotatable bonds is 5. The fourth-order valence-electron chi connectivity index (χ4n) is 4.68. The SMILES string of the molecule is Cc1ccc(-c2cc(C(=O)NCc3ccc(C)nc3)cc(C(=O)N3CCN4C=CCC4C3)c2)cc1. The molecule has 2 aliphatic rings. The average Bonchev–Trinajstić information content (AvgIpc) is 3.36. The van der Waals surface area contributed by atoms with Gasteiger partial charge in [-0.2, -0.15) is 0 Å². The van der Waals surface area contributed by atoms with Crippen molar-refractivity contribution < 1.29 is 9.59 Å². The highest BCUT2D eigenvalue weighted by atomic mass is 16.2. The molecule has 3 aromatic rings. The summed E-state index contributed by atoms with van der Waals surface area (Å²) in [7, 11) is 0. The fourth-order valence-corrected chi connectivity index (χ4v) is 4.68. The van der Waals surface area contributed by atoms with E-state index in [1.54, 1.807) is 12.3 Å². The van der Waals surface area contributed by atoms with Crippen molar-refractivity contribution in [2.45, 2.75) is 32.9 Å². The summed E-state index contributed by atoms with van der Waals surface area (Å²) >= 11 is 0. The lowest BCUT2D eigenvalue weighted by Crippen LogP contribution is -2.51. The van der Waals surface area contributed by atoms with E-state index in [0.29, 0.717) is 36.8 Å². The lowest BCUT2D eigenvalue weighted by molar-refractivity contribution is 0.0608. The van der Waals surface area contributed by atoms with Crippen LogP contribution in [-0.4, -0.2) is 52.3 Å². The maximum atomic E-state index is 13.6. The van der Waals surface area contributed by atoms with Gasteiger partial charge in [0.15, 0.2) is 0 Å². The van der Waals surface area contributed by atoms with Crippen molar-refractivity contribution >= 4 is 11.8 Å². The number of nitrogens with zero attached hydrogens (tertiary/aromatic N) is 3. The summed E-state index contributed by atoms with van der Waals surface area (Å²) in [6, 6.07) is 17.9. The zero-order valence-electron chi connectivity index (χ0n) is 20.2. The van der Waals surface area contributed by atoms with E-state index in [1.807, 2.05) is 67.3 Å².